The minimum atomic E-state index is -1.45. The molecule has 0 aliphatic rings. The Morgan fingerprint density at radius 1 is 1.17 bits per heavy atom. The van der Waals surface area contributed by atoms with E-state index in [4.69, 9.17) is 0 Å². The van der Waals surface area contributed by atoms with Crippen LogP contribution in [0.4, 0.5) is 18.9 Å². The van der Waals surface area contributed by atoms with Crippen LogP contribution in [0.2, 0.25) is 0 Å². The fourth-order valence-corrected chi connectivity index (χ4v) is 1.71. The molecule has 0 spiro atoms. The van der Waals surface area contributed by atoms with E-state index in [0.29, 0.717) is 5.56 Å². The van der Waals surface area contributed by atoms with Crippen LogP contribution in [-0.4, -0.2) is 10.2 Å². The van der Waals surface area contributed by atoms with Gasteiger partial charge in [0.1, 0.15) is 0 Å². The van der Waals surface area contributed by atoms with E-state index in [1.165, 1.54) is 0 Å². The monoisotopic (exact) mass is 255 g/mol. The lowest BCUT2D eigenvalue weighted by atomic mass is 10.2. The molecule has 0 radical (unpaired) electrons. The molecule has 2 N–H and O–H groups in total. The number of halogens is 3. The summed E-state index contributed by atoms with van der Waals surface area (Å²) < 4.78 is 38.8. The van der Waals surface area contributed by atoms with E-state index in [9.17, 15) is 13.2 Å². The molecule has 1 aromatic heterocycles. The predicted octanol–water partition coefficient (Wildman–Crippen LogP) is 3.06. The minimum Gasteiger partial charge on any atom is -0.378 e. The van der Waals surface area contributed by atoms with Gasteiger partial charge in [0.2, 0.25) is 0 Å². The van der Waals surface area contributed by atoms with E-state index >= 15 is 0 Å². The largest absolute Gasteiger partial charge is 0.378 e. The van der Waals surface area contributed by atoms with Gasteiger partial charge in [0.15, 0.2) is 17.5 Å². The molecule has 0 unspecified atom stereocenters. The van der Waals surface area contributed by atoms with Crippen molar-refractivity contribution in [2.75, 3.05) is 5.32 Å². The summed E-state index contributed by atoms with van der Waals surface area (Å²) in [5.41, 5.74) is 2.69. The Bertz CT molecular complexity index is 535. The third-order valence-electron chi connectivity index (χ3n) is 2.64. The first-order valence-corrected chi connectivity index (χ1v) is 5.38. The van der Waals surface area contributed by atoms with Crippen LogP contribution >= 0.6 is 0 Å². The maximum atomic E-state index is 13.0. The molecular weight excluding hydrogens is 243 g/mol. The molecule has 0 bridgehead atoms. The highest BCUT2D eigenvalue weighted by Crippen LogP contribution is 2.19. The third-order valence-corrected chi connectivity index (χ3v) is 2.64. The number of nitrogens with one attached hydrogen (secondary N) is 2. The van der Waals surface area contributed by atoms with Gasteiger partial charge in [-0.3, -0.25) is 5.10 Å². The molecule has 1 aromatic carbocycles. The maximum Gasteiger partial charge on any atom is 0.194 e. The van der Waals surface area contributed by atoms with Crippen LogP contribution < -0.4 is 5.32 Å². The number of anilines is 1. The molecule has 0 aliphatic carbocycles. The maximum absolute atomic E-state index is 13.0. The van der Waals surface area contributed by atoms with E-state index in [2.05, 4.69) is 15.5 Å². The first kappa shape index (κ1) is 12.5. The summed E-state index contributed by atoms with van der Waals surface area (Å²) in [6.45, 7) is 3.82. The van der Waals surface area contributed by atoms with Crippen molar-refractivity contribution >= 4 is 5.69 Å². The van der Waals surface area contributed by atoms with Gasteiger partial charge in [-0.1, -0.05) is 0 Å². The van der Waals surface area contributed by atoms with Crippen LogP contribution in [-0.2, 0) is 6.54 Å². The summed E-state index contributed by atoms with van der Waals surface area (Å²) in [7, 11) is 0. The zero-order chi connectivity index (χ0) is 13.3. The van der Waals surface area contributed by atoms with Gasteiger partial charge in [-0.2, -0.15) is 5.10 Å². The summed E-state index contributed by atoms with van der Waals surface area (Å²) in [6, 6.07) is 1.94. The minimum absolute atomic E-state index is 0.190. The van der Waals surface area contributed by atoms with Gasteiger partial charge in [0, 0.05) is 6.54 Å². The molecule has 0 aliphatic heterocycles. The van der Waals surface area contributed by atoms with E-state index in [1.54, 1.807) is 6.92 Å². The van der Waals surface area contributed by atoms with Crippen LogP contribution in [0.5, 0.6) is 0 Å². The molecule has 96 valence electrons. The summed E-state index contributed by atoms with van der Waals surface area (Å²) in [5.74, 6) is -3.82. The molecule has 6 heteroatoms. The highest BCUT2D eigenvalue weighted by atomic mass is 19.2. The average molecular weight is 255 g/mol. The van der Waals surface area contributed by atoms with Gasteiger partial charge in [-0.25, -0.2) is 13.2 Å². The number of hydrogen-bond acceptors (Lipinski definition) is 2. The second kappa shape index (κ2) is 4.72. The number of aromatic amines is 1. The molecule has 18 heavy (non-hydrogen) atoms. The fourth-order valence-electron chi connectivity index (χ4n) is 1.71. The van der Waals surface area contributed by atoms with Gasteiger partial charge in [0.25, 0.3) is 0 Å². The highest BCUT2D eigenvalue weighted by molar-refractivity contribution is 5.51. The van der Waals surface area contributed by atoms with E-state index in [0.717, 1.165) is 29.2 Å². The molecule has 0 fully saturated rings. The van der Waals surface area contributed by atoms with Gasteiger partial charge in [0.05, 0.1) is 17.1 Å². The van der Waals surface area contributed by atoms with Crippen LogP contribution in [0, 0.1) is 31.3 Å². The molecular formula is C12H12F3N3. The fraction of sp³-hybridized carbons (Fsp3) is 0.250. The van der Waals surface area contributed by atoms with Crippen LogP contribution in [0.15, 0.2) is 12.1 Å². The molecule has 0 saturated carbocycles. The zero-order valence-electron chi connectivity index (χ0n) is 9.94. The Hall–Kier alpha value is -1.98. The Kier molecular flexibility index (Phi) is 3.27. The Labute approximate surface area is 102 Å². The summed E-state index contributed by atoms with van der Waals surface area (Å²) in [4.78, 5) is 0. The topological polar surface area (TPSA) is 40.7 Å². The zero-order valence-corrected chi connectivity index (χ0v) is 9.94. The standard InChI is InChI=1S/C12H12F3N3/c1-6-12(7(2)18-17-6)16-5-8-3-9(13)11(15)10(14)4-8/h3-4,16H,5H2,1-2H3,(H,17,18). The number of nitrogens with zero attached hydrogens (tertiary/aromatic N) is 1. The summed E-state index contributed by atoms with van der Waals surface area (Å²) in [6.07, 6.45) is 0. The van der Waals surface area contributed by atoms with Crippen molar-refractivity contribution in [3.63, 3.8) is 0 Å². The Morgan fingerprint density at radius 3 is 2.28 bits per heavy atom. The van der Waals surface area contributed by atoms with Crippen molar-refractivity contribution in [1.82, 2.24) is 10.2 Å². The molecule has 2 rings (SSSR count). The second-order valence-corrected chi connectivity index (χ2v) is 4.04. The van der Waals surface area contributed by atoms with Gasteiger partial charge < -0.3 is 5.32 Å². The van der Waals surface area contributed by atoms with E-state index in [1.807, 2.05) is 6.92 Å². The average Bonchev–Trinajstić information content (AvgIpc) is 2.63. The van der Waals surface area contributed by atoms with Crippen LogP contribution in [0.3, 0.4) is 0 Å². The molecule has 0 saturated heterocycles. The quantitative estimate of drug-likeness (QED) is 0.827. The van der Waals surface area contributed by atoms with E-state index < -0.39 is 17.5 Å². The van der Waals surface area contributed by atoms with Gasteiger partial charge in [-0.05, 0) is 31.5 Å². The number of H-pyrrole nitrogens is 1. The van der Waals surface area contributed by atoms with Crippen molar-refractivity contribution < 1.29 is 13.2 Å². The van der Waals surface area contributed by atoms with Crippen LogP contribution in [0.1, 0.15) is 17.0 Å². The Balaban J connectivity index is 2.16. The van der Waals surface area contributed by atoms with Crippen LogP contribution in [0.25, 0.3) is 0 Å². The smallest absolute Gasteiger partial charge is 0.194 e. The third kappa shape index (κ3) is 2.32. The first-order valence-electron chi connectivity index (χ1n) is 5.38. The lowest BCUT2D eigenvalue weighted by Crippen LogP contribution is -2.03. The van der Waals surface area contributed by atoms with Crippen molar-refractivity contribution in [2.24, 2.45) is 0 Å². The van der Waals surface area contributed by atoms with Crippen molar-refractivity contribution in [1.29, 1.82) is 0 Å². The number of hydrogen-bond donors (Lipinski definition) is 2. The number of rotatable bonds is 3. The lowest BCUT2D eigenvalue weighted by molar-refractivity contribution is 0.445. The highest BCUT2D eigenvalue weighted by Gasteiger charge is 2.11. The summed E-state index contributed by atoms with van der Waals surface area (Å²) >= 11 is 0. The number of aryl methyl sites for hydroxylation is 2. The SMILES string of the molecule is Cc1n[nH]c(C)c1NCc1cc(F)c(F)c(F)c1. The Morgan fingerprint density at radius 2 is 1.78 bits per heavy atom. The molecule has 1 heterocycles. The van der Waals surface area contributed by atoms with Crippen molar-refractivity contribution in [3.05, 3.63) is 46.5 Å². The van der Waals surface area contributed by atoms with Gasteiger partial charge >= 0.3 is 0 Å². The molecule has 3 nitrogen and oxygen atoms in total. The molecule has 2 aromatic rings. The summed E-state index contributed by atoms with van der Waals surface area (Å²) in [5, 5.41) is 9.77. The van der Waals surface area contributed by atoms with Gasteiger partial charge in [-0.15, -0.1) is 0 Å². The van der Waals surface area contributed by atoms with E-state index in [-0.39, 0.29) is 6.54 Å². The number of aromatic nitrogens is 2. The lowest BCUT2D eigenvalue weighted by Gasteiger charge is -2.07. The predicted molar refractivity (Wildman–Crippen MR) is 61.7 cm³/mol. The normalized spacial score (nSPS) is 10.7. The second-order valence-electron chi connectivity index (χ2n) is 4.04. The van der Waals surface area contributed by atoms with Crippen molar-refractivity contribution in [3.8, 4) is 0 Å². The number of benzene rings is 1. The first-order chi connectivity index (χ1) is 8.49. The molecule has 0 amide bonds. The van der Waals surface area contributed by atoms with Crippen molar-refractivity contribution in [2.45, 2.75) is 20.4 Å². The molecule has 0 atom stereocenters.